The molecule has 2 atom stereocenters. The van der Waals surface area contributed by atoms with E-state index in [2.05, 4.69) is 4.99 Å². The monoisotopic (exact) mass is 244 g/mol. The summed E-state index contributed by atoms with van der Waals surface area (Å²) in [6, 6.07) is 9.67. The lowest BCUT2D eigenvalue weighted by molar-refractivity contribution is -0.139. The number of hydrogen-bond donors (Lipinski definition) is 0. The van der Waals surface area contributed by atoms with Gasteiger partial charge in [0, 0.05) is 18.2 Å². The lowest BCUT2D eigenvalue weighted by atomic mass is 10.1. The minimum Gasteiger partial charge on any atom is -0.302 e. The van der Waals surface area contributed by atoms with Gasteiger partial charge >= 0.3 is 0 Å². The van der Waals surface area contributed by atoms with E-state index in [0.717, 1.165) is 11.3 Å². The number of β-lactam (4-membered cyclic amide) rings is 1. The Kier molecular flexibility index (Phi) is 2.73. The Morgan fingerprint density at radius 1 is 1.35 bits per heavy atom. The molecular weight excluding hydrogens is 232 g/mol. The van der Waals surface area contributed by atoms with Crippen molar-refractivity contribution in [3.05, 3.63) is 48.2 Å². The zero-order chi connectivity index (χ0) is 11.7. The fraction of sp³-hybridized carbons (Fsp3) is 0.231. The van der Waals surface area contributed by atoms with Crippen molar-refractivity contribution in [3.8, 4) is 0 Å². The molecule has 0 aliphatic carbocycles. The van der Waals surface area contributed by atoms with Crippen LogP contribution in [0.4, 0.5) is 0 Å². The van der Waals surface area contributed by atoms with E-state index in [1.54, 1.807) is 22.9 Å². The van der Waals surface area contributed by atoms with E-state index >= 15 is 0 Å². The van der Waals surface area contributed by atoms with Gasteiger partial charge in [0.1, 0.15) is 5.37 Å². The zero-order valence-corrected chi connectivity index (χ0v) is 10.0. The standard InChI is InChI=1S/C13H12N2OS/c16-12-11(13-15(12)7-4-8-17-13)14-9-10-5-2-1-3-6-10/h1-7,9,11,13H,8H2/b14-9+/t11?,13-/m1/s1. The Bertz CT molecular complexity index is 483. The van der Waals surface area contributed by atoms with E-state index in [1.807, 2.05) is 42.6 Å². The van der Waals surface area contributed by atoms with Crippen molar-refractivity contribution in [2.75, 3.05) is 5.75 Å². The van der Waals surface area contributed by atoms with Crippen LogP contribution in [-0.4, -0.2) is 34.2 Å². The highest BCUT2D eigenvalue weighted by Crippen LogP contribution is 2.35. The maximum Gasteiger partial charge on any atom is 0.255 e. The maximum atomic E-state index is 11.8. The first-order chi connectivity index (χ1) is 8.36. The van der Waals surface area contributed by atoms with Crippen LogP contribution in [0.2, 0.25) is 0 Å². The predicted molar refractivity (Wildman–Crippen MR) is 70.1 cm³/mol. The second-order valence-electron chi connectivity index (χ2n) is 3.99. The molecule has 3 nitrogen and oxygen atoms in total. The predicted octanol–water partition coefficient (Wildman–Crippen LogP) is 1.90. The summed E-state index contributed by atoms with van der Waals surface area (Å²) >= 11 is 1.76. The van der Waals surface area contributed by atoms with Gasteiger partial charge in [-0.2, -0.15) is 0 Å². The van der Waals surface area contributed by atoms with Gasteiger partial charge in [-0.1, -0.05) is 36.4 Å². The summed E-state index contributed by atoms with van der Waals surface area (Å²) in [5.74, 6) is 1.07. The minimum absolute atomic E-state index is 0.102. The highest BCUT2D eigenvalue weighted by atomic mass is 32.2. The third-order valence-electron chi connectivity index (χ3n) is 2.86. The molecule has 1 unspecified atom stereocenters. The van der Waals surface area contributed by atoms with Crippen LogP contribution >= 0.6 is 11.8 Å². The summed E-state index contributed by atoms with van der Waals surface area (Å²) in [7, 11) is 0. The van der Waals surface area contributed by atoms with Crippen LogP contribution in [0.5, 0.6) is 0 Å². The molecule has 0 spiro atoms. The summed E-state index contributed by atoms with van der Waals surface area (Å²) in [6.45, 7) is 0. The summed E-state index contributed by atoms with van der Waals surface area (Å²) in [5.41, 5.74) is 1.04. The third-order valence-corrected chi connectivity index (χ3v) is 4.08. The molecule has 0 saturated carbocycles. The number of hydrogen-bond acceptors (Lipinski definition) is 3. The van der Waals surface area contributed by atoms with Gasteiger partial charge in [0.15, 0.2) is 6.04 Å². The van der Waals surface area contributed by atoms with E-state index in [9.17, 15) is 4.79 Å². The number of rotatable bonds is 2. The van der Waals surface area contributed by atoms with E-state index in [0.29, 0.717) is 0 Å². The van der Waals surface area contributed by atoms with Crippen molar-refractivity contribution < 1.29 is 4.79 Å². The van der Waals surface area contributed by atoms with Gasteiger partial charge in [-0.25, -0.2) is 0 Å². The Morgan fingerprint density at radius 2 is 2.18 bits per heavy atom. The second kappa shape index (κ2) is 4.37. The normalized spacial score (nSPS) is 27.1. The Morgan fingerprint density at radius 3 is 3.00 bits per heavy atom. The number of carbonyl (C=O) groups excluding carboxylic acids is 1. The lowest BCUT2D eigenvalue weighted by Gasteiger charge is -2.44. The topological polar surface area (TPSA) is 32.7 Å². The molecule has 1 saturated heterocycles. The maximum absolute atomic E-state index is 11.8. The van der Waals surface area contributed by atoms with E-state index < -0.39 is 0 Å². The molecule has 1 aromatic carbocycles. The Labute approximate surface area is 104 Å². The molecule has 0 aromatic heterocycles. The first-order valence-electron chi connectivity index (χ1n) is 5.55. The molecule has 1 fully saturated rings. The molecule has 0 bridgehead atoms. The number of benzene rings is 1. The highest BCUT2D eigenvalue weighted by Gasteiger charge is 2.47. The first kappa shape index (κ1) is 10.6. The first-order valence-corrected chi connectivity index (χ1v) is 6.60. The zero-order valence-electron chi connectivity index (χ0n) is 9.19. The lowest BCUT2D eigenvalue weighted by Crippen LogP contribution is -2.60. The van der Waals surface area contributed by atoms with Crippen molar-refractivity contribution in [2.24, 2.45) is 4.99 Å². The van der Waals surface area contributed by atoms with Crippen molar-refractivity contribution in [1.29, 1.82) is 0 Å². The number of amides is 1. The molecule has 2 aliphatic heterocycles. The molecular formula is C13H12N2OS. The summed E-state index contributed by atoms with van der Waals surface area (Å²) < 4.78 is 0. The molecule has 2 aliphatic rings. The van der Waals surface area contributed by atoms with Gasteiger partial charge in [-0.15, -0.1) is 11.8 Å². The summed E-state index contributed by atoms with van der Waals surface area (Å²) in [5, 5.41) is 0.201. The molecule has 17 heavy (non-hydrogen) atoms. The molecule has 2 heterocycles. The van der Waals surface area contributed by atoms with Gasteiger partial charge in [-0.05, 0) is 5.56 Å². The summed E-state index contributed by atoms with van der Waals surface area (Å²) in [4.78, 5) is 17.9. The Balaban J connectivity index is 1.73. The van der Waals surface area contributed by atoms with Crippen LogP contribution in [0.3, 0.4) is 0 Å². The van der Waals surface area contributed by atoms with Crippen molar-refractivity contribution in [1.82, 2.24) is 4.90 Å². The van der Waals surface area contributed by atoms with Gasteiger partial charge in [0.25, 0.3) is 5.91 Å². The van der Waals surface area contributed by atoms with E-state index in [-0.39, 0.29) is 17.3 Å². The highest BCUT2D eigenvalue weighted by molar-refractivity contribution is 8.00. The SMILES string of the molecule is O=C1C(/N=C/c2ccccc2)[C@H]2SCC=CN12. The molecule has 1 amide bonds. The van der Waals surface area contributed by atoms with Crippen molar-refractivity contribution in [3.63, 3.8) is 0 Å². The quantitative estimate of drug-likeness (QED) is 0.588. The van der Waals surface area contributed by atoms with Gasteiger partial charge < -0.3 is 4.90 Å². The average Bonchev–Trinajstić information content (AvgIpc) is 2.40. The molecule has 4 heteroatoms. The molecule has 3 rings (SSSR count). The van der Waals surface area contributed by atoms with E-state index in [1.165, 1.54) is 0 Å². The smallest absolute Gasteiger partial charge is 0.255 e. The fourth-order valence-electron chi connectivity index (χ4n) is 1.95. The van der Waals surface area contributed by atoms with Crippen LogP contribution in [0.1, 0.15) is 5.56 Å². The average molecular weight is 244 g/mol. The number of thioether (sulfide) groups is 1. The molecule has 86 valence electrons. The summed E-state index contributed by atoms with van der Waals surface area (Å²) in [6.07, 6.45) is 5.67. The van der Waals surface area contributed by atoms with Gasteiger partial charge in [0.05, 0.1) is 0 Å². The minimum atomic E-state index is -0.204. The van der Waals surface area contributed by atoms with Crippen LogP contribution in [0.25, 0.3) is 0 Å². The van der Waals surface area contributed by atoms with Crippen molar-refractivity contribution in [2.45, 2.75) is 11.4 Å². The number of carbonyl (C=O) groups is 1. The Hall–Kier alpha value is -1.55. The molecule has 0 N–H and O–H groups in total. The number of nitrogens with zero attached hydrogens (tertiary/aromatic N) is 2. The molecule has 1 aromatic rings. The van der Waals surface area contributed by atoms with Crippen LogP contribution in [-0.2, 0) is 4.79 Å². The van der Waals surface area contributed by atoms with Gasteiger partial charge in [0.2, 0.25) is 0 Å². The largest absolute Gasteiger partial charge is 0.302 e. The third kappa shape index (κ3) is 1.89. The van der Waals surface area contributed by atoms with Crippen LogP contribution in [0, 0.1) is 0 Å². The number of aliphatic imine (C=N–C) groups is 1. The van der Waals surface area contributed by atoms with Crippen molar-refractivity contribution >= 4 is 23.9 Å². The fourth-order valence-corrected chi connectivity index (χ4v) is 3.05. The van der Waals surface area contributed by atoms with E-state index in [4.69, 9.17) is 0 Å². The van der Waals surface area contributed by atoms with Crippen LogP contribution in [0.15, 0.2) is 47.6 Å². The van der Waals surface area contributed by atoms with Crippen LogP contribution < -0.4 is 0 Å². The number of fused-ring (bicyclic) bond motifs is 1. The molecule has 0 radical (unpaired) electrons. The van der Waals surface area contributed by atoms with Gasteiger partial charge in [-0.3, -0.25) is 9.79 Å². The second-order valence-corrected chi connectivity index (χ2v) is 5.14.